The first kappa shape index (κ1) is 20.2. The Kier molecular flexibility index (Phi) is 5.09. The van der Waals surface area contributed by atoms with Crippen molar-refractivity contribution in [2.24, 2.45) is 4.99 Å². The zero-order chi connectivity index (χ0) is 22.2. The fourth-order valence-corrected chi connectivity index (χ4v) is 4.41. The van der Waals surface area contributed by atoms with Gasteiger partial charge in [0.1, 0.15) is 11.5 Å². The van der Waals surface area contributed by atoms with Crippen LogP contribution in [0.4, 0.5) is 10.1 Å². The largest absolute Gasteiger partial charge is 0.354 e. The van der Waals surface area contributed by atoms with E-state index < -0.39 is 23.8 Å². The number of aromatic nitrogens is 1. The zero-order valence-electron chi connectivity index (χ0n) is 17.7. The molecule has 0 bridgehead atoms. The monoisotopic (exact) mass is 430 g/mol. The molecule has 0 saturated heterocycles. The molecule has 0 fully saturated rings. The van der Waals surface area contributed by atoms with E-state index in [2.05, 4.69) is 15.3 Å². The van der Waals surface area contributed by atoms with E-state index in [1.165, 1.54) is 11.0 Å². The first-order chi connectivity index (χ1) is 15.5. The number of likely N-dealkylation sites (N-methyl/N-ethyl adjacent to an activating group) is 1. The van der Waals surface area contributed by atoms with Crippen molar-refractivity contribution >= 4 is 23.2 Å². The van der Waals surface area contributed by atoms with Crippen molar-refractivity contribution in [3.8, 4) is 0 Å². The van der Waals surface area contributed by atoms with Crippen molar-refractivity contribution in [1.82, 2.24) is 10.3 Å². The summed E-state index contributed by atoms with van der Waals surface area (Å²) in [7, 11) is 1.63. The number of carbonyl (C=O) groups excluding carboxylic acids is 2. The van der Waals surface area contributed by atoms with Crippen molar-refractivity contribution in [3.63, 3.8) is 0 Å². The minimum Gasteiger partial charge on any atom is -0.354 e. The van der Waals surface area contributed by atoms with Crippen LogP contribution in [0.15, 0.2) is 59.6 Å². The molecule has 5 rings (SSSR count). The lowest BCUT2D eigenvalue weighted by molar-refractivity contribution is -0.119. The number of benzodiazepines with no additional fused rings is 1. The van der Waals surface area contributed by atoms with E-state index in [9.17, 15) is 14.0 Å². The highest BCUT2D eigenvalue weighted by molar-refractivity contribution is 6.20. The number of benzene rings is 2. The van der Waals surface area contributed by atoms with Gasteiger partial charge >= 0.3 is 0 Å². The lowest BCUT2D eigenvalue weighted by Crippen LogP contribution is -2.46. The second-order valence-corrected chi connectivity index (χ2v) is 8.14. The summed E-state index contributed by atoms with van der Waals surface area (Å²) in [6.45, 7) is 0. The molecule has 1 aromatic heterocycles. The van der Waals surface area contributed by atoms with Crippen molar-refractivity contribution in [1.29, 1.82) is 0 Å². The van der Waals surface area contributed by atoms with Gasteiger partial charge in [-0.3, -0.25) is 9.59 Å². The third-order valence-corrected chi connectivity index (χ3v) is 6.10. The van der Waals surface area contributed by atoms with E-state index in [-0.39, 0.29) is 5.56 Å². The minimum absolute atomic E-state index is 0.276. The Labute approximate surface area is 185 Å². The van der Waals surface area contributed by atoms with Crippen LogP contribution < -0.4 is 10.2 Å². The fourth-order valence-electron chi connectivity index (χ4n) is 4.41. The van der Waals surface area contributed by atoms with E-state index in [1.54, 1.807) is 37.4 Å². The van der Waals surface area contributed by atoms with Gasteiger partial charge in [-0.2, -0.15) is 0 Å². The summed E-state index contributed by atoms with van der Waals surface area (Å²) in [5.41, 5.74) is 4.47. The van der Waals surface area contributed by atoms with Crippen molar-refractivity contribution in [2.45, 2.75) is 31.8 Å². The summed E-state index contributed by atoms with van der Waals surface area (Å²) < 4.78 is 14.7. The summed E-state index contributed by atoms with van der Waals surface area (Å²) in [5, 5.41) is 2.75. The average Bonchev–Trinajstić information content (AvgIpc) is 3.22. The lowest BCUT2D eigenvalue weighted by atomic mass is 9.98. The van der Waals surface area contributed by atoms with E-state index >= 15 is 0 Å². The number of amides is 2. The third-order valence-electron chi connectivity index (χ3n) is 6.10. The van der Waals surface area contributed by atoms with Crippen LogP contribution >= 0.6 is 0 Å². The molecule has 1 atom stereocenters. The van der Waals surface area contributed by atoms with Crippen LogP contribution in [0.25, 0.3) is 0 Å². The van der Waals surface area contributed by atoms with Gasteiger partial charge in [-0.05, 0) is 55.5 Å². The van der Waals surface area contributed by atoms with E-state index in [0.717, 1.165) is 36.9 Å². The number of nitrogens with one attached hydrogen (secondary N) is 2. The molecule has 6 nitrogen and oxygen atoms in total. The summed E-state index contributed by atoms with van der Waals surface area (Å²) in [5.74, 6) is -1.25. The Bertz CT molecular complexity index is 1220. The summed E-state index contributed by atoms with van der Waals surface area (Å²) in [6, 6.07) is 15.4. The number of aryl methyl sites for hydroxylation is 2. The molecule has 7 heteroatoms. The average molecular weight is 430 g/mol. The van der Waals surface area contributed by atoms with Crippen LogP contribution in [0.2, 0.25) is 0 Å². The molecule has 3 aromatic rings. The molecular formula is C25H23FN4O2. The maximum atomic E-state index is 14.7. The quantitative estimate of drug-likeness (QED) is 0.666. The molecule has 1 aliphatic carbocycles. The standard InChI is InChI=1S/C25H23FN4O2/c1-30-21-13-7-4-10-17(21)22(16-9-3-5-11-18(16)26)28-23(25(30)32)29-24(31)20-14-15-8-2-6-12-19(15)27-20/h3-5,7,9-11,13-14,23,27H,2,6,8,12H2,1H3,(H,29,31). The number of carbonyl (C=O) groups is 2. The van der Waals surface area contributed by atoms with E-state index in [4.69, 9.17) is 0 Å². The van der Waals surface area contributed by atoms with Gasteiger partial charge in [0.15, 0.2) is 0 Å². The molecule has 0 saturated carbocycles. The second kappa shape index (κ2) is 8.07. The number of hydrogen-bond donors (Lipinski definition) is 2. The first-order valence-corrected chi connectivity index (χ1v) is 10.7. The predicted octanol–water partition coefficient (Wildman–Crippen LogP) is 3.60. The molecule has 32 heavy (non-hydrogen) atoms. The van der Waals surface area contributed by atoms with Gasteiger partial charge < -0.3 is 15.2 Å². The Morgan fingerprint density at radius 2 is 1.81 bits per heavy atom. The highest BCUT2D eigenvalue weighted by Crippen LogP contribution is 2.28. The number of halogens is 1. The minimum atomic E-state index is -1.19. The van der Waals surface area contributed by atoms with Crippen LogP contribution in [0, 0.1) is 5.82 Å². The van der Waals surface area contributed by atoms with Crippen LogP contribution in [0.1, 0.15) is 45.7 Å². The molecule has 2 aliphatic rings. The number of H-pyrrole nitrogens is 1. The van der Waals surface area contributed by atoms with Gasteiger partial charge in [-0.1, -0.05) is 30.3 Å². The fraction of sp³-hybridized carbons (Fsp3) is 0.240. The van der Waals surface area contributed by atoms with Gasteiger partial charge in [-0.15, -0.1) is 0 Å². The summed E-state index contributed by atoms with van der Waals surface area (Å²) >= 11 is 0. The van der Waals surface area contributed by atoms with Crippen molar-refractivity contribution < 1.29 is 14.0 Å². The Balaban J connectivity index is 1.55. The van der Waals surface area contributed by atoms with Crippen molar-refractivity contribution in [3.05, 3.63) is 88.5 Å². The van der Waals surface area contributed by atoms with Crippen LogP contribution in [-0.2, 0) is 17.6 Å². The second-order valence-electron chi connectivity index (χ2n) is 8.14. The number of rotatable bonds is 3. The van der Waals surface area contributed by atoms with Crippen LogP contribution in [0.5, 0.6) is 0 Å². The number of anilines is 1. The number of fused-ring (bicyclic) bond motifs is 2. The smallest absolute Gasteiger partial charge is 0.272 e. The summed E-state index contributed by atoms with van der Waals surface area (Å²) in [4.78, 5) is 35.5. The maximum Gasteiger partial charge on any atom is 0.272 e. The van der Waals surface area contributed by atoms with Gasteiger partial charge in [-0.25, -0.2) is 9.38 Å². The number of hydrogen-bond acceptors (Lipinski definition) is 3. The Morgan fingerprint density at radius 3 is 2.59 bits per heavy atom. The molecule has 162 valence electrons. The Morgan fingerprint density at radius 1 is 1.09 bits per heavy atom. The molecule has 2 amide bonds. The van der Waals surface area contributed by atoms with Crippen LogP contribution in [0.3, 0.4) is 0 Å². The lowest BCUT2D eigenvalue weighted by Gasteiger charge is -2.20. The molecule has 0 radical (unpaired) electrons. The van der Waals surface area contributed by atoms with Gasteiger partial charge in [0.25, 0.3) is 11.8 Å². The van der Waals surface area contributed by atoms with Gasteiger partial charge in [0.2, 0.25) is 6.17 Å². The van der Waals surface area contributed by atoms with Gasteiger partial charge in [0, 0.05) is 23.9 Å². The van der Waals surface area contributed by atoms with E-state index in [1.807, 2.05) is 18.2 Å². The molecule has 2 aromatic carbocycles. The van der Waals surface area contributed by atoms with Crippen molar-refractivity contribution in [2.75, 3.05) is 11.9 Å². The van der Waals surface area contributed by atoms with Crippen LogP contribution in [-0.4, -0.2) is 35.7 Å². The highest BCUT2D eigenvalue weighted by atomic mass is 19.1. The SMILES string of the molecule is CN1C(=O)C(NC(=O)c2cc3c([nH]2)CCCC3)N=C(c2ccccc2F)c2ccccc21. The molecule has 2 N–H and O–H groups in total. The molecular weight excluding hydrogens is 407 g/mol. The predicted molar refractivity (Wildman–Crippen MR) is 121 cm³/mol. The van der Waals surface area contributed by atoms with Gasteiger partial charge in [0.05, 0.1) is 11.4 Å². The molecule has 2 heterocycles. The summed E-state index contributed by atoms with van der Waals surface area (Å²) in [6.07, 6.45) is 2.87. The maximum absolute atomic E-state index is 14.7. The van der Waals surface area contributed by atoms with E-state index in [0.29, 0.717) is 22.7 Å². The normalized spacial score (nSPS) is 17.8. The zero-order valence-corrected chi connectivity index (χ0v) is 17.7. The number of para-hydroxylation sites is 1. The topological polar surface area (TPSA) is 77.6 Å². The molecule has 0 spiro atoms. The number of aromatic amines is 1. The molecule has 1 aliphatic heterocycles. The third kappa shape index (κ3) is 3.49. The highest BCUT2D eigenvalue weighted by Gasteiger charge is 2.32. The number of nitrogens with zero attached hydrogens (tertiary/aromatic N) is 2. The number of aliphatic imine (C=N–C) groups is 1. The molecule has 1 unspecified atom stereocenters. The Hall–Kier alpha value is -3.74. The first-order valence-electron chi connectivity index (χ1n) is 10.7.